The summed E-state index contributed by atoms with van der Waals surface area (Å²) in [5.74, 6) is 0.569. The van der Waals surface area contributed by atoms with Crippen LogP contribution < -0.4 is 10.5 Å². The number of ether oxygens (including phenoxy) is 1. The van der Waals surface area contributed by atoms with Crippen LogP contribution in [-0.4, -0.2) is 18.1 Å². The standard InChI is InChI=1S/C9H13ClN2O/c1-6(11)5-8-7(10)3-4-9(12-8)13-2/h3-4,6H,5,11H2,1-2H3. The van der Waals surface area contributed by atoms with Crippen LogP contribution in [0.4, 0.5) is 0 Å². The Balaban J connectivity index is 2.90. The van der Waals surface area contributed by atoms with Crippen LogP contribution in [0.1, 0.15) is 12.6 Å². The van der Waals surface area contributed by atoms with Crippen LogP contribution in [0.2, 0.25) is 5.02 Å². The van der Waals surface area contributed by atoms with Crippen molar-refractivity contribution in [3.8, 4) is 5.88 Å². The Labute approximate surface area is 82.9 Å². The van der Waals surface area contributed by atoms with E-state index in [1.165, 1.54) is 0 Å². The average Bonchev–Trinajstić information content (AvgIpc) is 2.08. The van der Waals surface area contributed by atoms with Gasteiger partial charge in [-0.05, 0) is 13.0 Å². The first-order valence-electron chi connectivity index (χ1n) is 4.08. The Kier molecular flexibility index (Phi) is 3.51. The normalized spacial score (nSPS) is 12.6. The van der Waals surface area contributed by atoms with Gasteiger partial charge in [-0.3, -0.25) is 0 Å². The number of hydrogen-bond donors (Lipinski definition) is 1. The fourth-order valence-electron chi connectivity index (χ4n) is 1.03. The molecule has 13 heavy (non-hydrogen) atoms. The molecule has 0 aromatic carbocycles. The van der Waals surface area contributed by atoms with Crippen molar-refractivity contribution in [1.82, 2.24) is 4.98 Å². The van der Waals surface area contributed by atoms with E-state index < -0.39 is 0 Å². The van der Waals surface area contributed by atoms with Crippen LogP contribution in [-0.2, 0) is 6.42 Å². The second-order valence-corrected chi connectivity index (χ2v) is 3.37. The van der Waals surface area contributed by atoms with Crippen LogP contribution in [0.15, 0.2) is 12.1 Å². The molecule has 0 spiro atoms. The van der Waals surface area contributed by atoms with Crippen molar-refractivity contribution >= 4 is 11.6 Å². The molecule has 0 aliphatic carbocycles. The number of aromatic nitrogens is 1. The van der Waals surface area contributed by atoms with E-state index in [-0.39, 0.29) is 6.04 Å². The van der Waals surface area contributed by atoms with Gasteiger partial charge in [0, 0.05) is 18.5 Å². The minimum absolute atomic E-state index is 0.0529. The third-order valence-corrected chi connectivity index (χ3v) is 1.96. The molecule has 4 heteroatoms. The first-order valence-corrected chi connectivity index (χ1v) is 4.46. The fraction of sp³-hybridized carbons (Fsp3) is 0.444. The molecule has 0 aliphatic heterocycles. The lowest BCUT2D eigenvalue weighted by atomic mass is 10.2. The zero-order valence-corrected chi connectivity index (χ0v) is 8.51. The Morgan fingerprint density at radius 2 is 2.31 bits per heavy atom. The third-order valence-electron chi connectivity index (χ3n) is 1.62. The zero-order valence-electron chi connectivity index (χ0n) is 7.75. The predicted molar refractivity (Wildman–Crippen MR) is 53.2 cm³/mol. The molecular formula is C9H13ClN2O. The van der Waals surface area contributed by atoms with E-state index in [0.717, 1.165) is 5.69 Å². The average molecular weight is 201 g/mol. The Morgan fingerprint density at radius 3 is 2.85 bits per heavy atom. The number of nitrogens with zero attached hydrogens (tertiary/aromatic N) is 1. The van der Waals surface area contributed by atoms with Gasteiger partial charge in [-0.15, -0.1) is 0 Å². The number of nitrogens with two attached hydrogens (primary N) is 1. The summed E-state index contributed by atoms with van der Waals surface area (Å²) in [6.45, 7) is 1.91. The molecule has 0 saturated heterocycles. The van der Waals surface area contributed by atoms with E-state index in [1.54, 1.807) is 19.2 Å². The van der Waals surface area contributed by atoms with E-state index >= 15 is 0 Å². The summed E-state index contributed by atoms with van der Waals surface area (Å²) in [6, 6.07) is 3.55. The minimum Gasteiger partial charge on any atom is -0.481 e. The van der Waals surface area contributed by atoms with E-state index in [1.807, 2.05) is 6.92 Å². The van der Waals surface area contributed by atoms with Crippen LogP contribution in [0, 0.1) is 0 Å². The number of hydrogen-bond acceptors (Lipinski definition) is 3. The van der Waals surface area contributed by atoms with Gasteiger partial charge < -0.3 is 10.5 Å². The third kappa shape index (κ3) is 2.86. The molecule has 0 radical (unpaired) electrons. The summed E-state index contributed by atoms with van der Waals surface area (Å²) >= 11 is 5.92. The molecule has 1 aromatic rings. The van der Waals surface area contributed by atoms with E-state index in [0.29, 0.717) is 17.3 Å². The van der Waals surface area contributed by atoms with Gasteiger partial charge in [-0.2, -0.15) is 0 Å². The van der Waals surface area contributed by atoms with Gasteiger partial charge in [0.2, 0.25) is 5.88 Å². The summed E-state index contributed by atoms with van der Waals surface area (Å²) in [6.07, 6.45) is 0.663. The lowest BCUT2D eigenvalue weighted by Crippen LogP contribution is -2.18. The molecule has 72 valence electrons. The second kappa shape index (κ2) is 4.44. The van der Waals surface area contributed by atoms with Gasteiger partial charge in [-0.25, -0.2) is 4.98 Å². The van der Waals surface area contributed by atoms with Crippen molar-refractivity contribution in [2.75, 3.05) is 7.11 Å². The highest BCUT2D eigenvalue weighted by atomic mass is 35.5. The van der Waals surface area contributed by atoms with Crippen LogP contribution in [0.3, 0.4) is 0 Å². The molecule has 0 bridgehead atoms. The maximum atomic E-state index is 5.92. The summed E-state index contributed by atoms with van der Waals surface area (Å²) in [5, 5.41) is 0.637. The molecule has 3 nitrogen and oxygen atoms in total. The Morgan fingerprint density at radius 1 is 1.62 bits per heavy atom. The summed E-state index contributed by atoms with van der Waals surface area (Å²) in [7, 11) is 1.58. The highest BCUT2D eigenvalue weighted by Gasteiger charge is 2.06. The maximum absolute atomic E-state index is 5.92. The van der Waals surface area contributed by atoms with Crippen LogP contribution >= 0.6 is 11.6 Å². The van der Waals surface area contributed by atoms with Gasteiger partial charge in [0.25, 0.3) is 0 Å². The van der Waals surface area contributed by atoms with Crippen LogP contribution in [0.25, 0.3) is 0 Å². The van der Waals surface area contributed by atoms with Gasteiger partial charge >= 0.3 is 0 Å². The summed E-state index contributed by atoms with van der Waals surface area (Å²) in [5.41, 5.74) is 6.43. The van der Waals surface area contributed by atoms with E-state index in [9.17, 15) is 0 Å². The monoisotopic (exact) mass is 200 g/mol. The Hall–Kier alpha value is -0.800. The highest BCUT2D eigenvalue weighted by Crippen LogP contribution is 2.18. The number of methoxy groups -OCH3 is 1. The molecule has 0 aliphatic rings. The highest BCUT2D eigenvalue weighted by molar-refractivity contribution is 6.31. The smallest absolute Gasteiger partial charge is 0.213 e. The number of halogens is 1. The van der Waals surface area contributed by atoms with Crippen molar-refractivity contribution in [2.24, 2.45) is 5.73 Å². The molecule has 0 saturated carbocycles. The molecule has 0 amide bonds. The SMILES string of the molecule is COc1ccc(Cl)c(CC(C)N)n1. The van der Waals surface area contributed by atoms with E-state index in [2.05, 4.69) is 4.98 Å². The molecule has 2 N–H and O–H groups in total. The first kappa shape index (κ1) is 10.3. The summed E-state index contributed by atoms with van der Waals surface area (Å²) in [4.78, 5) is 4.20. The molecular weight excluding hydrogens is 188 g/mol. The second-order valence-electron chi connectivity index (χ2n) is 2.96. The molecule has 1 rings (SSSR count). The quantitative estimate of drug-likeness (QED) is 0.807. The van der Waals surface area contributed by atoms with Crippen molar-refractivity contribution in [1.29, 1.82) is 0 Å². The number of pyridine rings is 1. The van der Waals surface area contributed by atoms with Crippen LogP contribution in [0.5, 0.6) is 5.88 Å². The fourth-order valence-corrected chi connectivity index (χ4v) is 1.21. The zero-order chi connectivity index (χ0) is 9.84. The predicted octanol–water partition coefficient (Wildman–Crippen LogP) is 1.63. The maximum Gasteiger partial charge on any atom is 0.213 e. The van der Waals surface area contributed by atoms with Gasteiger partial charge in [-0.1, -0.05) is 11.6 Å². The lowest BCUT2D eigenvalue weighted by Gasteiger charge is -2.07. The lowest BCUT2D eigenvalue weighted by molar-refractivity contribution is 0.396. The van der Waals surface area contributed by atoms with Gasteiger partial charge in [0.05, 0.1) is 17.8 Å². The van der Waals surface area contributed by atoms with Crippen molar-refractivity contribution in [3.05, 3.63) is 22.8 Å². The van der Waals surface area contributed by atoms with Crippen molar-refractivity contribution in [2.45, 2.75) is 19.4 Å². The minimum atomic E-state index is 0.0529. The molecule has 0 fully saturated rings. The summed E-state index contributed by atoms with van der Waals surface area (Å²) < 4.78 is 4.98. The van der Waals surface area contributed by atoms with Gasteiger partial charge in [0.1, 0.15) is 0 Å². The molecule has 1 aromatic heterocycles. The number of rotatable bonds is 3. The Bertz CT molecular complexity index is 289. The first-order chi connectivity index (χ1) is 6.13. The van der Waals surface area contributed by atoms with Crippen molar-refractivity contribution in [3.63, 3.8) is 0 Å². The molecule has 1 heterocycles. The molecule has 1 unspecified atom stereocenters. The molecule has 1 atom stereocenters. The van der Waals surface area contributed by atoms with Gasteiger partial charge in [0.15, 0.2) is 0 Å². The largest absolute Gasteiger partial charge is 0.481 e. The van der Waals surface area contributed by atoms with Crippen molar-refractivity contribution < 1.29 is 4.74 Å². The van der Waals surface area contributed by atoms with E-state index in [4.69, 9.17) is 22.1 Å². The topological polar surface area (TPSA) is 48.1 Å².